The number of carbonyl (C=O) groups excluding carboxylic acids is 2. The standard InChI is InChI=1S/C16H14BrN5O3S/c1-22-13(20-21-16(22)26)8-18-14(23)9-3-2-4-10(7-9)19-15(24)11-5-6-12(17)25-11/h2-7H,8H2,1H3,(H,18,23)(H,19,24)(H,21,26). The first-order valence-corrected chi connectivity index (χ1v) is 8.69. The predicted octanol–water partition coefficient (Wildman–Crippen LogP) is 3.02. The number of nitrogens with one attached hydrogen (secondary N) is 3. The maximum Gasteiger partial charge on any atom is 0.291 e. The number of amides is 2. The van der Waals surface area contributed by atoms with Gasteiger partial charge in [-0.25, -0.2) is 0 Å². The average molecular weight is 436 g/mol. The molecule has 0 fully saturated rings. The molecule has 0 unspecified atom stereocenters. The molecule has 1 aromatic carbocycles. The van der Waals surface area contributed by atoms with Crippen LogP contribution in [0.3, 0.4) is 0 Å². The highest BCUT2D eigenvalue weighted by Gasteiger charge is 2.13. The van der Waals surface area contributed by atoms with Crippen LogP contribution in [0.5, 0.6) is 0 Å². The molecule has 0 aliphatic rings. The molecule has 3 rings (SSSR count). The van der Waals surface area contributed by atoms with Gasteiger partial charge in [0.2, 0.25) is 0 Å². The second-order valence-corrected chi connectivity index (χ2v) is 6.49. The van der Waals surface area contributed by atoms with Gasteiger partial charge in [0.1, 0.15) is 0 Å². The third-order valence-corrected chi connectivity index (χ3v) is 4.35. The number of nitrogens with zero attached hydrogens (tertiary/aromatic N) is 2. The number of halogens is 1. The number of rotatable bonds is 5. The molecular weight excluding hydrogens is 422 g/mol. The SMILES string of the molecule is Cn1c(CNC(=O)c2cccc(NC(=O)c3ccc(Br)o3)c2)n[nH]c1=S. The number of furan rings is 1. The zero-order valence-corrected chi connectivity index (χ0v) is 16.0. The fourth-order valence-corrected chi connectivity index (χ4v) is 2.62. The minimum Gasteiger partial charge on any atom is -0.444 e. The third kappa shape index (κ3) is 4.09. The number of carbonyl (C=O) groups is 2. The molecule has 0 atom stereocenters. The first kappa shape index (κ1) is 18.1. The van der Waals surface area contributed by atoms with E-state index in [-0.39, 0.29) is 18.2 Å². The van der Waals surface area contributed by atoms with Gasteiger partial charge in [-0.2, -0.15) is 5.10 Å². The number of hydrogen-bond donors (Lipinski definition) is 3. The Balaban J connectivity index is 1.66. The van der Waals surface area contributed by atoms with Gasteiger partial charge >= 0.3 is 0 Å². The first-order chi connectivity index (χ1) is 12.4. The lowest BCUT2D eigenvalue weighted by Crippen LogP contribution is -2.24. The van der Waals surface area contributed by atoms with Gasteiger partial charge in [-0.1, -0.05) is 6.07 Å². The molecule has 3 aromatic rings. The zero-order chi connectivity index (χ0) is 18.7. The van der Waals surface area contributed by atoms with Crippen LogP contribution < -0.4 is 10.6 Å². The number of hydrogen-bond acceptors (Lipinski definition) is 5. The number of anilines is 1. The highest BCUT2D eigenvalue weighted by molar-refractivity contribution is 9.10. The van der Waals surface area contributed by atoms with Crippen LogP contribution in [0.4, 0.5) is 5.69 Å². The quantitative estimate of drug-likeness (QED) is 0.534. The van der Waals surface area contributed by atoms with Crippen molar-refractivity contribution in [2.24, 2.45) is 7.05 Å². The second kappa shape index (κ2) is 7.67. The van der Waals surface area contributed by atoms with Crippen LogP contribution in [0.25, 0.3) is 0 Å². The molecular formula is C16H14BrN5O3S. The van der Waals surface area contributed by atoms with Crippen molar-refractivity contribution in [2.45, 2.75) is 6.54 Å². The monoisotopic (exact) mass is 435 g/mol. The molecule has 2 heterocycles. The average Bonchev–Trinajstić information content (AvgIpc) is 3.20. The molecule has 0 aliphatic heterocycles. The summed E-state index contributed by atoms with van der Waals surface area (Å²) in [4.78, 5) is 24.4. The highest BCUT2D eigenvalue weighted by Crippen LogP contribution is 2.17. The third-order valence-electron chi connectivity index (χ3n) is 3.56. The van der Waals surface area contributed by atoms with Gasteiger partial charge in [0.15, 0.2) is 21.0 Å². The molecule has 2 aromatic heterocycles. The summed E-state index contributed by atoms with van der Waals surface area (Å²) in [6.45, 7) is 0.222. The van der Waals surface area contributed by atoms with E-state index in [1.54, 1.807) is 48.0 Å². The lowest BCUT2D eigenvalue weighted by molar-refractivity contribution is 0.0947. The second-order valence-electron chi connectivity index (χ2n) is 5.33. The molecule has 10 heteroatoms. The molecule has 3 N–H and O–H groups in total. The lowest BCUT2D eigenvalue weighted by Gasteiger charge is -2.07. The van der Waals surface area contributed by atoms with E-state index >= 15 is 0 Å². The number of H-pyrrole nitrogens is 1. The molecule has 0 bridgehead atoms. The van der Waals surface area contributed by atoms with E-state index in [9.17, 15) is 9.59 Å². The fourth-order valence-electron chi connectivity index (χ4n) is 2.17. The van der Waals surface area contributed by atoms with Crippen molar-refractivity contribution in [3.05, 3.63) is 63.0 Å². The summed E-state index contributed by atoms with van der Waals surface area (Å²) >= 11 is 8.17. The zero-order valence-electron chi connectivity index (χ0n) is 13.6. The van der Waals surface area contributed by atoms with E-state index in [4.69, 9.17) is 16.6 Å². The van der Waals surface area contributed by atoms with Crippen LogP contribution in [0.1, 0.15) is 26.7 Å². The van der Waals surface area contributed by atoms with Crippen molar-refractivity contribution in [1.82, 2.24) is 20.1 Å². The van der Waals surface area contributed by atoms with Gasteiger partial charge in [0.05, 0.1) is 6.54 Å². The van der Waals surface area contributed by atoms with Gasteiger partial charge in [-0.15, -0.1) is 0 Å². The summed E-state index contributed by atoms with van der Waals surface area (Å²) in [5.74, 6) is 0.0687. The van der Waals surface area contributed by atoms with Gasteiger partial charge in [-0.05, 0) is 58.5 Å². The van der Waals surface area contributed by atoms with Crippen molar-refractivity contribution < 1.29 is 14.0 Å². The maximum atomic E-state index is 12.3. The van der Waals surface area contributed by atoms with E-state index < -0.39 is 5.91 Å². The predicted molar refractivity (Wildman–Crippen MR) is 100 cm³/mol. The van der Waals surface area contributed by atoms with Crippen molar-refractivity contribution in [2.75, 3.05) is 5.32 Å². The van der Waals surface area contributed by atoms with Gasteiger partial charge in [0, 0.05) is 18.3 Å². The summed E-state index contributed by atoms with van der Waals surface area (Å²) in [7, 11) is 1.76. The summed E-state index contributed by atoms with van der Waals surface area (Å²) in [5.41, 5.74) is 0.883. The van der Waals surface area contributed by atoms with E-state index in [1.807, 2.05) is 0 Å². The van der Waals surface area contributed by atoms with Crippen molar-refractivity contribution in [3.8, 4) is 0 Å². The molecule has 0 spiro atoms. The summed E-state index contributed by atoms with van der Waals surface area (Å²) in [5, 5.41) is 12.1. The molecule has 8 nitrogen and oxygen atoms in total. The smallest absolute Gasteiger partial charge is 0.291 e. The Morgan fingerprint density at radius 3 is 2.77 bits per heavy atom. The van der Waals surface area contributed by atoms with Crippen molar-refractivity contribution in [3.63, 3.8) is 0 Å². The largest absolute Gasteiger partial charge is 0.444 e. The van der Waals surface area contributed by atoms with Crippen LogP contribution in [-0.2, 0) is 13.6 Å². The Labute approximate surface area is 161 Å². The number of benzene rings is 1. The topological polar surface area (TPSA) is 105 Å². The summed E-state index contributed by atoms with van der Waals surface area (Å²) < 4.78 is 7.81. The van der Waals surface area contributed by atoms with Gasteiger partial charge < -0.3 is 19.6 Å². The van der Waals surface area contributed by atoms with Crippen LogP contribution in [0.15, 0.2) is 45.5 Å². The van der Waals surface area contributed by atoms with E-state index in [1.165, 1.54) is 0 Å². The Bertz CT molecular complexity index is 1020. The molecule has 0 aliphatic carbocycles. The van der Waals surface area contributed by atoms with Crippen LogP contribution >= 0.6 is 28.1 Å². The van der Waals surface area contributed by atoms with Gasteiger partial charge in [-0.3, -0.25) is 14.7 Å². The fraction of sp³-hybridized carbons (Fsp3) is 0.125. The molecule has 134 valence electrons. The Morgan fingerprint density at radius 1 is 1.31 bits per heavy atom. The minimum atomic E-state index is -0.408. The number of aromatic nitrogens is 3. The Morgan fingerprint density at radius 2 is 2.12 bits per heavy atom. The van der Waals surface area contributed by atoms with Gasteiger partial charge in [0.25, 0.3) is 11.8 Å². The van der Waals surface area contributed by atoms with Crippen LogP contribution in [0.2, 0.25) is 0 Å². The van der Waals surface area contributed by atoms with Crippen molar-refractivity contribution >= 4 is 45.6 Å². The van der Waals surface area contributed by atoms with Crippen LogP contribution in [0, 0.1) is 4.77 Å². The van der Waals surface area contributed by atoms with Crippen LogP contribution in [-0.4, -0.2) is 26.6 Å². The molecule has 26 heavy (non-hydrogen) atoms. The number of aromatic amines is 1. The van der Waals surface area contributed by atoms with E-state index in [2.05, 4.69) is 36.8 Å². The van der Waals surface area contributed by atoms with Crippen molar-refractivity contribution in [1.29, 1.82) is 0 Å². The highest BCUT2D eigenvalue weighted by atomic mass is 79.9. The summed E-state index contributed by atoms with van der Waals surface area (Å²) in [6.07, 6.45) is 0. The Kier molecular flexibility index (Phi) is 5.33. The Hall–Kier alpha value is -2.72. The molecule has 0 saturated carbocycles. The minimum absolute atomic E-state index is 0.164. The molecule has 0 saturated heterocycles. The maximum absolute atomic E-state index is 12.3. The summed E-state index contributed by atoms with van der Waals surface area (Å²) in [6, 6.07) is 9.77. The van der Waals surface area contributed by atoms with E-state index in [0.29, 0.717) is 26.5 Å². The van der Waals surface area contributed by atoms with E-state index in [0.717, 1.165) is 0 Å². The normalized spacial score (nSPS) is 10.5. The molecule has 0 radical (unpaired) electrons. The first-order valence-electron chi connectivity index (χ1n) is 7.49. The molecule has 2 amide bonds. The lowest BCUT2D eigenvalue weighted by atomic mass is 10.2.